The third kappa shape index (κ3) is 4.97. The van der Waals surface area contributed by atoms with Crippen molar-refractivity contribution in [3.05, 3.63) is 29.8 Å². The van der Waals surface area contributed by atoms with Gasteiger partial charge < -0.3 is 25.6 Å². The van der Waals surface area contributed by atoms with E-state index in [1.54, 1.807) is 0 Å². The number of ether oxygens (including phenoxy) is 1. The molecule has 1 heterocycles. The molecule has 1 aromatic rings. The van der Waals surface area contributed by atoms with E-state index in [1.165, 1.54) is 0 Å². The molecule has 2 rings (SSSR count). The van der Waals surface area contributed by atoms with Crippen LogP contribution in [0.1, 0.15) is 18.4 Å². The van der Waals surface area contributed by atoms with Gasteiger partial charge in [0.05, 0.1) is 0 Å². The summed E-state index contributed by atoms with van der Waals surface area (Å²) in [7, 11) is 0. The number of hydrogen-bond acceptors (Lipinski definition) is 5. The van der Waals surface area contributed by atoms with Gasteiger partial charge in [0.2, 0.25) is 0 Å². The lowest BCUT2D eigenvalue weighted by molar-refractivity contribution is 0.0486. The molecule has 1 aliphatic rings. The lowest BCUT2D eigenvalue weighted by Gasteiger charge is -2.32. The van der Waals surface area contributed by atoms with Crippen molar-refractivity contribution in [3.8, 4) is 5.75 Å². The van der Waals surface area contributed by atoms with Gasteiger partial charge in [0.15, 0.2) is 0 Å². The molecule has 1 aliphatic heterocycles. The number of nitrogens with zero attached hydrogens (tertiary/aromatic N) is 1. The fraction of sp³-hybridized carbons (Fsp3) is 0.625. The molecule has 0 aliphatic carbocycles. The molecule has 1 saturated heterocycles. The Balaban J connectivity index is 1.73. The molecule has 5 heteroatoms. The highest BCUT2D eigenvalue weighted by molar-refractivity contribution is 5.32. The third-order valence-corrected chi connectivity index (χ3v) is 4.06. The van der Waals surface area contributed by atoms with Crippen molar-refractivity contribution in [2.24, 2.45) is 11.7 Å². The molecule has 118 valence electrons. The van der Waals surface area contributed by atoms with Crippen LogP contribution in [0.2, 0.25) is 0 Å². The summed E-state index contributed by atoms with van der Waals surface area (Å²) in [5.41, 5.74) is 6.61. The van der Waals surface area contributed by atoms with Gasteiger partial charge in [-0.3, -0.25) is 0 Å². The number of piperidine rings is 1. The van der Waals surface area contributed by atoms with Gasteiger partial charge in [0, 0.05) is 25.3 Å². The van der Waals surface area contributed by atoms with Gasteiger partial charge in [-0.05, 0) is 37.9 Å². The maximum atomic E-state index is 10.1. The summed E-state index contributed by atoms with van der Waals surface area (Å²) in [6.45, 7) is 3.46. The van der Waals surface area contributed by atoms with E-state index in [1.807, 2.05) is 24.3 Å². The summed E-state index contributed by atoms with van der Waals surface area (Å²) in [6.07, 6.45) is 1.49. The number of rotatable bonds is 7. The Morgan fingerprint density at radius 1 is 1.29 bits per heavy atom. The summed E-state index contributed by atoms with van der Waals surface area (Å²) >= 11 is 0. The van der Waals surface area contributed by atoms with Crippen molar-refractivity contribution in [1.82, 2.24) is 4.90 Å². The molecular formula is C16H26N2O3. The average Bonchev–Trinajstić information content (AvgIpc) is 2.54. The molecule has 1 fully saturated rings. The van der Waals surface area contributed by atoms with Gasteiger partial charge in [0.1, 0.15) is 18.5 Å². The van der Waals surface area contributed by atoms with Crippen molar-refractivity contribution < 1.29 is 14.9 Å². The van der Waals surface area contributed by atoms with Crippen LogP contribution in [0.25, 0.3) is 0 Å². The summed E-state index contributed by atoms with van der Waals surface area (Å²) in [4.78, 5) is 2.23. The molecule has 5 nitrogen and oxygen atoms in total. The minimum absolute atomic E-state index is 0.273. The molecular weight excluding hydrogens is 268 g/mol. The van der Waals surface area contributed by atoms with Gasteiger partial charge in [-0.25, -0.2) is 0 Å². The molecule has 0 saturated carbocycles. The van der Waals surface area contributed by atoms with E-state index in [4.69, 9.17) is 15.6 Å². The molecule has 1 aromatic carbocycles. The summed E-state index contributed by atoms with van der Waals surface area (Å²) in [5.74, 6) is 1.17. The average molecular weight is 294 g/mol. The highest BCUT2D eigenvalue weighted by atomic mass is 16.5. The predicted octanol–water partition coefficient (Wildman–Crippen LogP) is 0.589. The number of aliphatic hydroxyl groups excluding tert-OH is 2. The SMILES string of the molecule is NCc1ccccc1OCC(O)CN1CCC(CO)CC1. The number of benzene rings is 1. The maximum absolute atomic E-state index is 10.1. The summed E-state index contributed by atoms with van der Waals surface area (Å²) in [6, 6.07) is 7.64. The highest BCUT2D eigenvalue weighted by Gasteiger charge is 2.20. The van der Waals surface area contributed by atoms with Crippen molar-refractivity contribution in [3.63, 3.8) is 0 Å². The quantitative estimate of drug-likeness (QED) is 0.686. The Kier molecular flexibility index (Phi) is 6.45. The van der Waals surface area contributed by atoms with Crippen LogP contribution < -0.4 is 10.5 Å². The Bertz CT molecular complexity index is 420. The topological polar surface area (TPSA) is 79.0 Å². The van der Waals surface area contributed by atoms with E-state index in [2.05, 4.69) is 4.90 Å². The van der Waals surface area contributed by atoms with Gasteiger partial charge in [-0.1, -0.05) is 18.2 Å². The molecule has 21 heavy (non-hydrogen) atoms. The van der Waals surface area contributed by atoms with E-state index >= 15 is 0 Å². The van der Waals surface area contributed by atoms with Gasteiger partial charge >= 0.3 is 0 Å². The van der Waals surface area contributed by atoms with Crippen LogP contribution in [0, 0.1) is 5.92 Å². The molecule has 0 aromatic heterocycles. The number of para-hydroxylation sites is 1. The minimum Gasteiger partial charge on any atom is -0.491 e. The molecule has 0 radical (unpaired) electrons. The van der Waals surface area contributed by atoms with Crippen LogP contribution >= 0.6 is 0 Å². The smallest absolute Gasteiger partial charge is 0.123 e. The Morgan fingerprint density at radius 2 is 2.00 bits per heavy atom. The van der Waals surface area contributed by atoms with Crippen molar-refractivity contribution in [2.45, 2.75) is 25.5 Å². The number of nitrogens with two attached hydrogens (primary N) is 1. The lowest BCUT2D eigenvalue weighted by Crippen LogP contribution is -2.41. The fourth-order valence-electron chi connectivity index (χ4n) is 2.70. The zero-order valence-corrected chi connectivity index (χ0v) is 12.4. The predicted molar refractivity (Wildman–Crippen MR) is 82.1 cm³/mol. The first-order valence-corrected chi connectivity index (χ1v) is 7.65. The van der Waals surface area contributed by atoms with Crippen LogP contribution in [-0.2, 0) is 6.54 Å². The normalized spacial score (nSPS) is 18.6. The van der Waals surface area contributed by atoms with Crippen LogP contribution in [0.4, 0.5) is 0 Å². The van der Waals surface area contributed by atoms with Crippen LogP contribution in [0.5, 0.6) is 5.75 Å². The zero-order valence-electron chi connectivity index (χ0n) is 12.4. The lowest BCUT2D eigenvalue weighted by atomic mass is 9.98. The van der Waals surface area contributed by atoms with Crippen molar-refractivity contribution >= 4 is 0 Å². The largest absolute Gasteiger partial charge is 0.491 e. The first-order chi connectivity index (χ1) is 10.2. The minimum atomic E-state index is -0.512. The van der Waals surface area contributed by atoms with E-state index in [-0.39, 0.29) is 13.2 Å². The summed E-state index contributed by atoms with van der Waals surface area (Å²) < 4.78 is 5.68. The Morgan fingerprint density at radius 3 is 2.67 bits per heavy atom. The van der Waals surface area contributed by atoms with E-state index in [0.29, 0.717) is 19.0 Å². The first-order valence-electron chi connectivity index (χ1n) is 7.65. The van der Waals surface area contributed by atoms with Gasteiger partial charge in [0.25, 0.3) is 0 Å². The van der Waals surface area contributed by atoms with Gasteiger partial charge in [-0.2, -0.15) is 0 Å². The second kappa shape index (κ2) is 8.34. The molecule has 0 amide bonds. The molecule has 4 N–H and O–H groups in total. The highest BCUT2D eigenvalue weighted by Crippen LogP contribution is 2.18. The monoisotopic (exact) mass is 294 g/mol. The standard InChI is InChI=1S/C16H26N2O3/c17-9-14-3-1-2-4-16(14)21-12-15(20)10-18-7-5-13(11-19)6-8-18/h1-4,13,15,19-20H,5-12,17H2. The van der Waals surface area contributed by atoms with E-state index < -0.39 is 6.10 Å². The zero-order chi connectivity index (χ0) is 15.1. The molecule has 0 bridgehead atoms. The maximum Gasteiger partial charge on any atom is 0.123 e. The molecule has 1 atom stereocenters. The molecule has 1 unspecified atom stereocenters. The van der Waals surface area contributed by atoms with E-state index in [9.17, 15) is 5.11 Å². The Labute approximate surface area is 126 Å². The second-order valence-corrected chi connectivity index (χ2v) is 5.70. The van der Waals surface area contributed by atoms with Crippen molar-refractivity contribution in [1.29, 1.82) is 0 Å². The van der Waals surface area contributed by atoms with E-state index in [0.717, 1.165) is 37.2 Å². The van der Waals surface area contributed by atoms with Crippen molar-refractivity contribution in [2.75, 3.05) is 32.8 Å². The van der Waals surface area contributed by atoms with Gasteiger partial charge in [-0.15, -0.1) is 0 Å². The van der Waals surface area contributed by atoms with Crippen LogP contribution in [0.15, 0.2) is 24.3 Å². The third-order valence-electron chi connectivity index (χ3n) is 4.06. The Hall–Kier alpha value is -1.14. The first kappa shape index (κ1) is 16.2. The molecule has 0 spiro atoms. The number of hydrogen-bond donors (Lipinski definition) is 3. The number of likely N-dealkylation sites (tertiary alicyclic amines) is 1. The van der Waals surface area contributed by atoms with Crippen LogP contribution in [-0.4, -0.2) is 54.1 Å². The van der Waals surface area contributed by atoms with Crippen LogP contribution in [0.3, 0.4) is 0 Å². The number of aliphatic hydroxyl groups is 2. The summed E-state index contributed by atoms with van der Waals surface area (Å²) in [5, 5.41) is 19.2. The number of β-amino-alcohol motifs (C(OH)–C–C–N with tert-alkyl or cyclic N) is 1. The second-order valence-electron chi connectivity index (χ2n) is 5.70. The fourth-order valence-corrected chi connectivity index (χ4v) is 2.70.